The van der Waals surface area contributed by atoms with E-state index in [1.54, 1.807) is 0 Å². The highest BCUT2D eigenvalue weighted by Crippen LogP contribution is 2.18. The highest BCUT2D eigenvalue weighted by atomic mass is 16.1. The molecule has 88 valence electrons. The van der Waals surface area contributed by atoms with Crippen molar-refractivity contribution in [2.75, 3.05) is 7.05 Å². The largest absolute Gasteiger partial charge is 0.353 e. The fourth-order valence-corrected chi connectivity index (χ4v) is 2.16. The molecule has 0 radical (unpaired) electrons. The summed E-state index contributed by atoms with van der Waals surface area (Å²) in [6.07, 6.45) is 7.44. The standard InChI is InChI=1S/C12H24N2O/c1-3-4-5-12(15)14-11-8-6-10(13-2)7-9-11/h10-11,13H,3-9H2,1-2H3,(H,14,15). The third-order valence-electron chi connectivity index (χ3n) is 3.26. The van der Waals surface area contributed by atoms with Gasteiger partial charge in [-0.15, -0.1) is 0 Å². The van der Waals surface area contributed by atoms with Crippen molar-refractivity contribution in [1.82, 2.24) is 10.6 Å². The van der Waals surface area contributed by atoms with Crippen molar-refractivity contribution in [1.29, 1.82) is 0 Å². The van der Waals surface area contributed by atoms with Crippen LogP contribution < -0.4 is 10.6 Å². The average molecular weight is 212 g/mol. The zero-order valence-electron chi connectivity index (χ0n) is 10.0. The first-order valence-corrected chi connectivity index (χ1v) is 6.23. The van der Waals surface area contributed by atoms with E-state index in [4.69, 9.17) is 0 Å². The fourth-order valence-electron chi connectivity index (χ4n) is 2.16. The van der Waals surface area contributed by atoms with E-state index in [0.717, 1.165) is 25.7 Å². The van der Waals surface area contributed by atoms with Crippen molar-refractivity contribution >= 4 is 5.91 Å². The minimum absolute atomic E-state index is 0.241. The summed E-state index contributed by atoms with van der Waals surface area (Å²) in [5.41, 5.74) is 0. The molecule has 1 saturated carbocycles. The number of rotatable bonds is 5. The second-order valence-corrected chi connectivity index (χ2v) is 4.51. The minimum Gasteiger partial charge on any atom is -0.353 e. The Morgan fingerprint density at radius 2 is 1.80 bits per heavy atom. The Kier molecular flexibility index (Phi) is 5.69. The van der Waals surface area contributed by atoms with Gasteiger partial charge >= 0.3 is 0 Å². The minimum atomic E-state index is 0.241. The monoisotopic (exact) mass is 212 g/mol. The Hall–Kier alpha value is -0.570. The molecule has 0 aromatic heterocycles. The number of hydrogen-bond donors (Lipinski definition) is 2. The Morgan fingerprint density at radius 3 is 2.33 bits per heavy atom. The van der Waals surface area contributed by atoms with Crippen LogP contribution in [0.1, 0.15) is 51.9 Å². The van der Waals surface area contributed by atoms with Crippen LogP contribution in [0.25, 0.3) is 0 Å². The average Bonchev–Trinajstić information content (AvgIpc) is 2.27. The molecule has 1 aliphatic carbocycles. The number of unbranched alkanes of at least 4 members (excludes halogenated alkanes) is 1. The number of carbonyl (C=O) groups excluding carboxylic acids is 1. The molecule has 15 heavy (non-hydrogen) atoms. The quantitative estimate of drug-likeness (QED) is 0.730. The predicted molar refractivity (Wildman–Crippen MR) is 62.8 cm³/mol. The molecule has 0 atom stereocenters. The van der Waals surface area contributed by atoms with Crippen molar-refractivity contribution in [3.63, 3.8) is 0 Å². The Morgan fingerprint density at radius 1 is 1.20 bits per heavy atom. The third-order valence-corrected chi connectivity index (χ3v) is 3.26. The lowest BCUT2D eigenvalue weighted by molar-refractivity contribution is -0.122. The van der Waals surface area contributed by atoms with E-state index in [0.29, 0.717) is 18.5 Å². The summed E-state index contributed by atoms with van der Waals surface area (Å²) in [6.45, 7) is 2.12. The maximum atomic E-state index is 11.5. The molecule has 0 aliphatic heterocycles. The molecule has 0 bridgehead atoms. The van der Waals surface area contributed by atoms with E-state index in [2.05, 4.69) is 17.6 Å². The van der Waals surface area contributed by atoms with Crippen LogP contribution in [-0.4, -0.2) is 25.0 Å². The summed E-state index contributed by atoms with van der Waals surface area (Å²) < 4.78 is 0. The van der Waals surface area contributed by atoms with Crippen molar-refractivity contribution in [2.45, 2.75) is 64.0 Å². The third kappa shape index (κ3) is 4.65. The molecule has 2 N–H and O–H groups in total. The lowest BCUT2D eigenvalue weighted by Crippen LogP contribution is -2.41. The lowest BCUT2D eigenvalue weighted by Gasteiger charge is -2.28. The van der Waals surface area contributed by atoms with Gasteiger partial charge in [0.05, 0.1) is 0 Å². The van der Waals surface area contributed by atoms with Gasteiger partial charge in [0.25, 0.3) is 0 Å². The normalized spacial score (nSPS) is 26.3. The molecule has 0 heterocycles. The van der Waals surface area contributed by atoms with Gasteiger partial charge in [0.15, 0.2) is 0 Å². The van der Waals surface area contributed by atoms with Gasteiger partial charge in [0.2, 0.25) is 5.91 Å². The van der Waals surface area contributed by atoms with Crippen LogP contribution in [0.4, 0.5) is 0 Å². The Labute approximate surface area is 93.0 Å². The van der Waals surface area contributed by atoms with E-state index in [-0.39, 0.29) is 5.91 Å². The predicted octanol–water partition coefficient (Wildman–Crippen LogP) is 1.82. The summed E-state index contributed by atoms with van der Waals surface area (Å²) in [6, 6.07) is 1.09. The molecule has 0 unspecified atom stereocenters. The molecule has 0 aromatic carbocycles. The molecular weight excluding hydrogens is 188 g/mol. The number of carbonyl (C=O) groups is 1. The van der Waals surface area contributed by atoms with Crippen LogP contribution in [0.3, 0.4) is 0 Å². The highest BCUT2D eigenvalue weighted by molar-refractivity contribution is 5.76. The van der Waals surface area contributed by atoms with E-state index in [1.165, 1.54) is 12.8 Å². The van der Waals surface area contributed by atoms with Crippen molar-refractivity contribution in [3.05, 3.63) is 0 Å². The van der Waals surface area contributed by atoms with Crippen molar-refractivity contribution < 1.29 is 4.79 Å². The summed E-state index contributed by atoms with van der Waals surface area (Å²) in [7, 11) is 2.02. The summed E-state index contributed by atoms with van der Waals surface area (Å²) in [5.74, 6) is 0.241. The van der Waals surface area contributed by atoms with Crippen LogP contribution >= 0.6 is 0 Å². The molecule has 1 amide bonds. The van der Waals surface area contributed by atoms with Crippen LogP contribution in [-0.2, 0) is 4.79 Å². The number of amides is 1. The topological polar surface area (TPSA) is 41.1 Å². The summed E-state index contributed by atoms with van der Waals surface area (Å²) in [5, 5.41) is 6.43. The van der Waals surface area contributed by atoms with Crippen molar-refractivity contribution in [2.24, 2.45) is 0 Å². The van der Waals surface area contributed by atoms with E-state index < -0.39 is 0 Å². The van der Waals surface area contributed by atoms with Crippen LogP contribution in [0, 0.1) is 0 Å². The first-order valence-electron chi connectivity index (χ1n) is 6.23. The van der Waals surface area contributed by atoms with E-state index in [1.807, 2.05) is 7.05 Å². The molecule has 3 heteroatoms. The van der Waals surface area contributed by atoms with Crippen molar-refractivity contribution in [3.8, 4) is 0 Å². The molecule has 0 aromatic rings. The highest BCUT2D eigenvalue weighted by Gasteiger charge is 2.20. The molecule has 1 aliphatic rings. The lowest BCUT2D eigenvalue weighted by atomic mass is 9.91. The van der Waals surface area contributed by atoms with Gasteiger partial charge in [-0.2, -0.15) is 0 Å². The van der Waals surface area contributed by atoms with Gasteiger partial charge in [-0.05, 0) is 39.2 Å². The maximum absolute atomic E-state index is 11.5. The van der Waals surface area contributed by atoms with Gasteiger partial charge < -0.3 is 10.6 Å². The zero-order valence-corrected chi connectivity index (χ0v) is 10.0. The molecule has 1 rings (SSSR count). The van der Waals surface area contributed by atoms with Crippen LogP contribution in [0.2, 0.25) is 0 Å². The molecule has 0 saturated heterocycles. The first-order chi connectivity index (χ1) is 7.26. The van der Waals surface area contributed by atoms with E-state index >= 15 is 0 Å². The van der Waals surface area contributed by atoms with E-state index in [9.17, 15) is 4.79 Å². The summed E-state index contributed by atoms with van der Waals surface area (Å²) in [4.78, 5) is 11.5. The molecule has 0 spiro atoms. The van der Waals surface area contributed by atoms with Gasteiger partial charge in [0, 0.05) is 18.5 Å². The Bertz CT molecular complexity index is 186. The molecule has 1 fully saturated rings. The summed E-state index contributed by atoms with van der Waals surface area (Å²) >= 11 is 0. The first kappa shape index (κ1) is 12.5. The number of nitrogens with one attached hydrogen (secondary N) is 2. The SMILES string of the molecule is CCCCC(=O)NC1CCC(NC)CC1. The van der Waals surface area contributed by atoms with Gasteiger partial charge in [-0.1, -0.05) is 13.3 Å². The second kappa shape index (κ2) is 6.83. The Balaban J connectivity index is 2.15. The van der Waals surface area contributed by atoms with Gasteiger partial charge in [-0.25, -0.2) is 0 Å². The molecule has 3 nitrogen and oxygen atoms in total. The fraction of sp³-hybridized carbons (Fsp3) is 0.917. The maximum Gasteiger partial charge on any atom is 0.220 e. The smallest absolute Gasteiger partial charge is 0.220 e. The zero-order chi connectivity index (χ0) is 11.1. The second-order valence-electron chi connectivity index (χ2n) is 4.51. The molecular formula is C12H24N2O. The van der Waals surface area contributed by atoms with Crippen LogP contribution in [0.5, 0.6) is 0 Å². The van der Waals surface area contributed by atoms with Crippen LogP contribution in [0.15, 0.2) is 0 Å². The van der Waals surface area contributed by atoms with Gasteiger partial charge in [0.1, 0.15) is 0 Å². The van der Waals surface area contributed by atoms with Gasteiger partial charge in [-0.3, -0.25) is 4.79 Å². The number of hydrogen-bond acceptors (Lipinski definition) is 2.